The first-order valence-electron chi connectivity index (χ1n) is 11.1. The second-order valence-corrected chi connectivity index (χ2v) is 8.13. The van der Waals surface area contributed by atoms with Crippen molar-refractivity contribution in [3.8, 4) is 11.3 Å². The third-order valence-corrected chi connectivity index (χ3v) is 5.99. The smallest absolute Gasteiger partial charge is 0.322 e. The van der Waals surface area contributed by atoms with Crippen LogP contribution in [0.5, 0.6) is 0 Å². The summed E-state index contributed by atoms with van der Waals surface area (Å²) in [5.41, 5.74) is 3.18. The predicted octanol–water partition coefficient (Wildman–Crippen LogP) is 5.03. The number of nitrogens with one attached hydrogen (secondary N) is 1. The summed E-state index contributed by atoms with van der Waals surface area (Å²) in [4.78, 5) is 34.2. The number of aromatic nitrogens is 1. The van der Waals surface area contributed by atoms with Crippen molar-refractivity contribution in [2.75, 3.05) is 31.5 Å². The predicted molar refractivity (Wildman–Crippen MR) is 130 cm³/mol. The minimum Gasteiger partial charge on any atom is -0.335 e. The van der Waals surface area contributed by atoms with Gasteiger partial charge >= 0.3 is 6.03 Å². The van der Waals surface area contributed by atoms with E-state index in [2.05, 4.69) is 5.32 Å². The Kier molecular flexibility index (Phi) is 5.91. The fourth-order valence-electron chi connectivity index (χ4n) is 4.15. The van der Waals surface area contributed by atoms with Crippen LogP contribution in [0.2, 0.25) is 0 Å². The number of hydrogen-bond donors (Lipinski definition) is 1. The molecule has 4 aromatic rings. The number of nitrogens with zero attached hydrogens (tertiary/aromatic N) is 3. The Morgan fingerprint density at radius 2 is 1.44 bits per heavy atom. The zero-order chi connectivity index (χ0) is 23.5. The van der Waals surface area contributed by atoms with Gasteiger partial charge in [-0.1, -0.05) is 60.7 Å². The molecule has 0 aliphatic carbocycles. The second-order valence-electron chi connectivity index (χ2n) is 8.13. The van der Waals surface area contributed by atoms with Crippen LogP contribution in [0.25, 0.3) is 22.2 Å². The van der Waals surface area contributed by atoms with Gasteiger partial charge in [-0.05, 0) is 24.3 Å². The molecule has 1 aliphatic heterocycles. The van der Waals surface area contributed by atoms with Crippen molar-refractivity contribution in [1.82, 2.24) is 14.8 Å². The fraction of sp³-hybridized carbons (Fsp3) is 0.148. The number of rotatable bonds is 3. The Morgan fingerprint density at radius 3 is 2.21 bits per heavy atom. The molecule has 3 aromatic carbocycles. The van der Waals surface area contributed by atoms with Crippen molar-refractivity contribution in [2.45, 2.75) is 0 Å². The maximum Gasteiger partial charge on any atom is 0.322 e. The molecule has 170 valence electrons. The van der Waals surface area contributed by atoms with E-state index in [1.54, 1.807) is 21.9 Å². The molecule has 0 spiro atoms. The van der Waals surface area contributed by atoms with Crippen LogP contribution >= 0.6 is 0 Å². The van der Waals surface area contributed by atoms with E-state index in [4.69, 9.17) is 4.98 Å². The van der Waals surface area contributed by atoms with Gasteiger partial charge in [-0.3, -0.25) is 4.79 Å². The van der Waals surface area contributed by atoms with E-state index in [-0.39, 0.29) is 17.6 Å². The normalized spacial score (nSPS) is 13.7. The van der Waals surface area contributed by atoms with E-state index in [1.807, 2.05) is 60.7 Å². The number of benzene rings is 3. The molecule has 1 aliphatic rings. The number of halogens is 1. The van der Waals surface area contributed by atoms with Crippen molar-refractivity contribution in [1.29, 1.82) is 0 Å². The van der Waals surface area contributed by atoms with Gasteiger partial charge in [0.1, 0.15) is 5.82 Å². The molecular formula is C27H23FN4O2. The Balaban J connectivity index is 1.34. The van der Waals surface area contributed by atoms with Crippen LogP contribution < -0.4 is 5.32 Å². The molecule has 1 aromatic heterocycles. The summed E-state index contributed by atoms with van der Waals surface area (Å²) in [5, 5.41) is 3.40. The lowest BCUT2D eigenvalue weighted by Gasteiger charge is -2.35. The van der Waals surface area contributed by atoms with Crippen LogP contribution in [0.3, 0.4) is 0 Å². The lowest BCUT2D eigenvalue weighted by atomic mass is 10.0. The molecule has 0 atom stereocenters. The van der Waals surface area contributed by atoms with Gasteiger partial charge in [0.25, 0.3) is 5.91 Å². The number of pyridine rings is 1. The van der Waals surface area contributed by atoms with E-state index in [9.17, 15) is 14.0 Å². The second kappa shape index (κ2) is 9.31. The first kappa shape index (κ1) is 21.6. The molecule has 5 rings (SSSR count). The summed E-state index contributed by atoms with van der Waals surface area (Å²) < 4.78 is 13.9. The molecule has 0 saturated carbocycles. The molecule has 1 N–H and O–H groups in total. The topological polar surface area (TPSA) is 65.5 Å². The Morgan fingerprint density at radius 1 is 0.794 bits per heavy atom. The summed E-state index contributed by atoms with van der Waals surface area (Å²) in [5.74, 6) is -0.576. The van der Waals surface area contributed by atoms with E-state index < -0.39 is 5.82 Å². The van der Waals surface area contributed by atoms with E-state index >= 15 is 0 Å². The Labute approximate surface area is 196 Å². The van der Waals surface area contributed by atoms with Crippen LogP contribution in [-0.2, 0) is 0 Å². The van der Waals surface area contributed by atoms with E-state index in [1.165, 1.54) is 12.1 Å². The first-order valence-corrected chi connectivity index (χ1v) is 11.1. The molecule has 6 nitrogen and oxygen atoms in total. The summed E-state index contributed by atoms with van der Waals surface area (Å²) in [7, 11) is 0. The van der Waals surface area contributed by atoms with E-state index in [0.717, 1.165) is 22.2 Å². The number of hydrogen-bond acceptors (Lipinski definition) is 3. The number of fused-ring (bicyclic) bond motifs is 1. The van der Waals surface area contributed by atoms with Crippen LogP contribution in [-0.4, -0.2) is 52.9 Å². The lowest BCUT2D eigenvalue weighted by Crippen LogP contribution is -2.51. The molecule has 1 saturated heterocycles. The highest BCUT2D eigenvalue weighted by molar-refractivity contribution is 6.07. The lowest BCUT2D eigenvalue weighted by molar-refractivity contribution is 0.0673. The van der Waals surface area contributed by atoms with Gasteiger partial charge < -0.3 is 15.1 Å². The quantitative estimate of drug-likeness (QED) is 0.472. The molecular weight excluding hydrogens is 431 g/mol. The summed E-state index contributed by atoms with van der Waals surface area (Å²) in [6, 6.07) is 24.9. The van der Waals surface area contributed by atoms with Gasteiger partial charge in [-0.2, -0.15) is 0 Å². The van der Waals surface area contributed by atoms with Crippen LogP contribution in [0.4, 0.5) is 14.9 Å². The van der Waals surface area contributed by atoms with Crippen LogP contribution in [0.1, 0.15) is 10.4 Å². The Bertz CT molecular complexity index is 1350. The average Bonchev–Trinajstić information content (AvgIpc) is 2.89. The number of anilines is 1. The molecule has 3 amide bonds. The minimum atomic E-state index is -0.483. The molecule has 1 fully saturated rings. The number of carbonyl (C=O) groups is 2. The number of carbonyl (C=O) groups excluding carboxylic acids is 2. The molecule has 0 bridgehead atoms. The molecule has 7 heteroatoms. The minimum absolute atomic E-state index is 0.0926. The molecule has 2 heterocycles. The molecule has 34 heavy (non-hydrogen) atoms. The van der Waals surface area contributed by atoms with Crippen LogP contribution in [0, 0.1) is 5.82 Å². The van der Waals surface area contributed by atoms with E-state index in [0.29, 0.717) is 31.7 Å². The maximum absolute atomic E-state index is 13.9. The zero-order valence-electron chi connectivity index (χ0n) is 18.4. The highest BCUT2D eigenvalue weighted by atomic mass is 19.1. The highest BCUT2D eigenvalue weighted by Crippen LogP contribution is 2.26. The molecule has 0 unspecified atom stereocenters. The summed E-state index contributed by atoms with van der Waals surface area (Å²) in [6.45, 7) is 1.50. The van der Waals surface area contributed by atoms with Gasteiger partial charge in [-0.25, -0.2) is 14.2 Å². The van der Waals surface area contributed by atoms with Gasteiger partial charge in [0, 0.05) is 37.1 Å². The van der Waals surface area contributed by atoms with Crippen molar-refractivity contribution in [3.63, 3.8) is 0 Å². The third-order valence-electron chi connectivity index (χ3n) is 5.99. The van der Waals surface area contributed by atoms with Crippen molar-refractivity contribution in [3.05, 3.63) is 96.3 Å². The number of amides is 3. The summed E-state index contributed by atoms with van der Waals surface area (Å²) >= 11 is 0. The zero-order valence-corrected chi connectivity index (χ0v) is 18.4. The average molecular weight is 455 g/mol. The highest BCUT2D eigenvalue weighted by Gasteiger charge is 2.26. The van der Waals surface area contributed by atoms with Gasteiger partial charge in [0.15, 0.2) is 0 Å². The van der Waals surface area contributed by atoms with Gasteiger partial charge in [0.2, 0.25) is 0 Å². The van der Waals surface area contributed by atoms with Gasteiger partial charge in [-0.15, -0.1) is 0 Å². The number of urea groups is 1. The maximum atomic E-state index is 13.9. The van der Waals surface area contributed by atoms with Crippen molar-refractivity contribution >= 4 is 28.5 Å². The number of piperazine rings is 1. The monoisotopic (exact) mass is 454 g/mol. The SMILES string of the molecule is O=C(Nc1ccccc1F)N1CCN(C(=O)c2cc(-c3ccccc3)nc3ccccc23)CC1. The fourth-order valence-corrected chi connectivity index (χ4v) is 4.15. The van der Waals surface area contributed by atoms with Crippen molar-refractivity contribution < 1.29 is 14.0 Å². The third kappa shape index (κ3) is 4.32. The first-order chi connectivity index (χ1) is 16.6. The summed E-state index contributed by atoms with van der Waals surface area (Å²) in [6.07, 6.45) is 0. The van der Waals surface area contributed by atoms with Crippen LogP contribution in [0.15, 0.2) is 84.9 Å². The number of para-hydroxylation sites is 2. The van der Waals surface area contributed by atoms with Crippen molar-refractivity contribution in [2.24, 2.45) is 0 Å². The standard InChI is InChI=1S/C27H23FN4O2/c28-22-11-5-7-13-24(22)30-27(34)32-16-14-31(15-17-32)26(33)21-18-25(19-8-2-1-3-9-19)29-23-12-6-4-10-20(21)23/h1-13,18H,14-17H2,(H,30,34). The molecule has 0 radical (unpaired) electrons. The Hall–Kier alpha value is -4.26. The largest absolute Gasteiger partial charge is 0.335 e. The van der Waals surface area contributed by atoms with Gasteiger partial charge in [0.05, 0.1) is 22.5 Å².